The third-order valence-electron chi connectivity index (χ3n) is 9.19. The second kappa shape index (κ2) is 11.8. The van der Waals surface area contributed by atoms with E-state index < -0.39 is 17.7 Å². The Morgan fingerprint density at radius 2 is 1.93 bits per heavy atom. The minimum Gasteiger partial charge on any atom is -0.493 e. The predicted octanol–water partition coefficient (Wildman–Crippen LogP) is 5.38. The summed E-state index contributed by atoms with van der Waals surface area (Å²) in [5.74, 6) is -1.17. The molecule has 1 aromatic heterocycles. The number of alkyl halides is 3. The number of aromatic nitrogens is 2. The number of rotatable bonds is 7. The lowest BCUT2D eigenvalue weighted by molar-refractivity contribution is -0.140. The molecule has 1 unspecified atom stereocenters. The molecule has 2 saturated heterocycles. The van der Waals surface area contributed by atoms with E-state index in [0.717, 1.165) is 49.7 Å². The Labute approximate surface area is 260 Å². The number of carbonyl (C=O) groups is 3. The molecule has 2 N–H and O–H groups in total. The SMILES string of the molecule is Cn1nc(C2CCC(=O)NC2=O)c2ccc(NC(=O)CN3CCC4(CC3)CC(COc3cccc(Br)c3C(F)(F)F)C4)cc21. The van der Waals surface area contributed by atoms with Gasteiger partial charge in [0.15, 0.2) is 0 Å². The molecule has 234 valence electrons. The van der Waals surface area contributed by atoms with Gasteiger partial charge in [-0.15, -0.1) is 0 Å². The van der Waals surface area contributed by atoms with Crippen molar-refractivity contribution in [2.24, 2.45) is 18.4 Å². The van der Waals surface area contributed by atoms with Gasteiger partial charge in [0.05, 0.1) is 30.3 Å². The number of halogens is 4. The topological polar surface area (TPSA) is 106 Å². The van der Waals surface area contributed by atoms with Crippen LogP contribution in [0.2, 0.25) is 0 Å². The van der Waals surface area contributed by atoms with Crippen molar-refractivity contribution >= 4 is 50.2 Å². The molecule has 13 heteroatoms. The first-order chi connectivity index (χ1) is 20.9. The number of likely N-dealkylation sites (tertiary alicyclic amines) is 1. The van der Waals surface area contributed by atoms with E-state index in [0.29, 0.717) is 17.8 Å². The Morgan fingerprint density at radius 1 is 1.18 bits per heavy atom. The van der Waals surface area contributed by atoms with Gasteiger partial charge in [0.2, 0.25) is 17.7 Å². The maximum absolute atomic E-state index is 13.5. The summed E-state index contributed by atoms with van der Waals surface area (Å²) in [6.45, 7) is 2.07. The summed E-state index contributed by atoms with van der Waals surface area (Å²) in [6, 6.07) is 9.74. The van der Waals surface area contributed by atoms with E-state index in [1.165, 1.54) is 12.1 Å². The van der Waals surface area contributed by atoms with Gasteiger partial charge in [0.1, 0.15) is 11.3 Å². The fourth-order valence-corrected chi connectivity index (χ4v) is 7.54. The van der Waals surface area contributed by atoms with Crippen LogP contribution in [0.3, 0.4) is 0 Å². The fourth-order valence-electron chi connectivity index (χ4n) is 6.96. The maximum atomic E-state index is 13.5. The molecule has 1 saturated carbocycles. The van der Waals surface area contributed by atoms with Crippen LogP contribution in [0.1, 0.15) is 55.7 Å². The largest absolute Gasteiger partial charge is 0.493 e. The molecule has 3 aliphatic rings. The average Bonchev–Trinajstić information content (AvgIpc) is 3.26. The Bertz CT molecular complexity index is 1610. The number of benzene rings is 2. The number of nitrogens with one attached hydrogen (secondary N) is 2. The standard InChI is InChI=1S/C31H33BrF3N5O4/c1-39-23-13-19(5-6-20(23)28(38-39)21-7-8-25(41)37-29(21)43)36-26(42)16-40-11-9-30(10-12-40)14-18(15-30)17-44-24-4-2-3-22(32)27(24)31(33,34)35/h2-6,13,18,21H,7-12,14-17H2,1H3,(H,36,42)(H,37,41,43). The van der Waals surface area contributed by atoms with Gasteiger partial charge in [-0.25, -0.2) is 0 Å². The molecule has 2 aliphatic heterocycles. The van der Waals surface area contributed by atoms with Crippen molar-refractivity contribution in [2.45, 2.75) is 50.6 Å². The van der Waals surface area contributed by atoms with Crippen molar-refractivity contribution in [2.75, 3.05) is 31.6 Å². The normalized spacial score (nSPS) is 20.9. The van der Waals surface area contributed by atoms with Gasteiger partial charge in [-0.1, -0.05) is 22.0 Å². The average molecular weight is 677 g/mol. The summed E-state index contributed by atoms with van der Waals surface area (Å²) >= 11 is 2.99. The third-order valence-corrected chi connectivity index (χ3v) is 9.85. The number of nitrogens with zero attached hydrogens (tertiary/aromatic N) is 3. The van der Waals surface area contributed by atoms with Crippen LogP contribution in [0.5, 0.6) is 5.75 Å². The Morgan fingerprint density at radius 3 is 2.64 bits per heavy atom. The number of ether oxygens (including phenoxy) is 1. The van der Waals surface area contributed by atoms with Crippen molar-refractivity contribution in [3.05, 3.63) is 52.1 Å². The van der Waals surface area contributed by atoms with Crippen LogP contribution in [0, 0.1) is 11.3 Å². The highest BCUT2D eigenvalue weighted by molar-refractivity contribution is 9.10. The first-order valence-corrected chi connectivity index (χ1v) is 15.5. The second-order valence-corrected chi connectivity index (χ2v) is 13.1. The van der Waals surface area contributed by atoms with Crippen molar-refractivity contribution in [1.82, 2.24) is 20.0 Å². The third kappa shape index (κ3) is 6.21. The zero-order valence-electron chi connectivity index (χ0n) is 24.2. The van der Waals surface area contributed by atoms with Crippen LogP contribution in [-0.2, 0) is 27.6 Å². The lowest BCUT2D eigenvalue weighted by atomic mass is 9.58. The lowest BCUT2D eigenvalue weighted by Crippen LogP contribution is -2.49. The molecule has 44 heavy (non-hydrogen) atoms. The smallest absolute Gasteiger partial charge is 0.421 e. The molecule has 3 heterocycles. The van der Waals surface area contributed by atoms with Gasteiger partial charge in [0.25, 0.3) is 0 Å². The zero-order chi connectivity index (χ0) is 31.2. The fraction of sp³-hybridized carbons (Fsp3) is 0.484. The van der Waals surface area contributed by atoms with E-state index in [1.807, 2.05) is 12.1 Å². The van der Waals surface area contributed by atoms with Gasteiger partial charge in [-0.3, -0.25) is 29.3 Å². The molecular weight excluding hydrogens is 643 g/mol. The van der Waals surface area contributed by atoms with Crippen LogP contribution in [-0.4, -0.2) is 58.6 Å². The van der Waals surface area contributed by atoms with E-state index in [2.05, 4.69) is 36.6 Å². The van der Waals surface area contributed by atoms with Gasteiger partial charge in [0, 0.05) is 29.0 Å². The molecule has 3 amide bonds. The van der Waals surface area contributed by atoms with Crippen molar-refractivity contribution in [3.8, 4) is 5.75 Å². The summed E-state index contributed by atoms with van der Waals surface area (Å²) in [5, 5.41) is 10.7. The summed E-state index contributed by atoms with van der Waals surface area (Å²) in [7, 11) is 1.78. The summed E-state index contributed by atoms with van der Waals surface area (Å²) in [6.07, 6.45) is -0.121. The van der Waals surface area contributed by atoms with E-state index in [-0.39, 0.29) is 58.8 Å². The van der Waals surface area contributed by atoms with Crippen LogP contribution in [0.15, 0.2) is 40.9 Å². The predicted molar refractivity (Wildman–Crippen MR) is 160 cm³/mol. The Hall–Kier alpha value is -3.45. The van der Waals surface area contributed by atoms with Crippen molar-refractivity contribution < 1.29 is 32.3 Å². The molecular formula is C31H33BrF3N5O4. The van der Waals surface area contributed by atoms with Gasteiger partial charge < -0.3 is 10.1 Å². The summed E-state index contributed by atoms with van der Waals surface area (Å²) in [4.78, 5) is 39.0. The van der Waals surface area contributed by atoms with Crippen molar-refractivity contribution in [3.63, 3.8) is 0 Å². The summed E-state index contributed by atoms with van der Waals surface area (Å²) in [5.41, 5.74) is 1.42. The molecule has 0 bridgehead atoms. The highest BCUT2D eigenvalue weighted by Crippen LogP contribution is 2.53. The molecule has 6 rings (SSSR count). The minimum absolute atomic E-state index is 0.0274. The van der Waals surface area contributed by atoms with E-state index in [1.54, 1.807) is 23.9 Å². The number of aryl methyl sites for hydroxylation is 1. The highest BCUT2D eigenvalue weighted by Gasteiger charge is 2.46. The molecule has 3 aromatic rings. The molecule has 1 spiro atoms. The van der Waals surface area contributed by atoms with Crippen LogP contribution >= 0.6 is 15.9 Å². The molecule has 9 nitrogen and oxygen atoms in total. The first kappa shape index (κ1) is 30.6. The number of carbonyl (C=O) groups excluding carboxylic acids is 3. The highest BCUT2D eigenvalue weighted by atomic mass is 79.9. The van der Waals surface area contributed by atoms with Gasteiger partial charge in [-0.05, 0) is 86.9 Å². The van der Waals surface area contributed by atoms with E-state index in [9.17, 15) is 27.6 Å². The monoisotopic (exact) mass is 675 g/mol. The molecule has 1 atom stereocenters. The number of fused-ring (bicyclic) bond motifs is 1. The number of hydrogen-bond acceptors (Lipinski definition) is 6. The number of anilines is 1. The number of piperidine rings is 2. The van der Waals surface area contributed by atoms with E-state index >= 15 is 0 Å². The second-order valence-electron chi connectivity index (χ2n) is 12.3. The van der Waals surface area contributed by atoms with Gasteiger partial charge in [-0.2, -0.15) is 18.3 Å². The Kier molecular flexibility index (Phi) is 8.20. The quantitative estimate of drug-likeness (QED) is 0.326. The zero-order valence-corrected chi connectivity index (χ0v) is 25.8. The van der Waals surface area contributed by atoms with Crippen molar-refractivity contribution in [1.29, 1.82) is 0 Å². The molecule has 3 fully saturated rings. The molecule has 1 aliphatic carbocycles. The van der Waals surface area contributed by atoms with E-state index in [4.69, 9.17) is 4.74 Å². The first-order valence-electron chi connectivity index (χ1n) is 14.7. The minimum atomic E-state index is -4.50. The molecule has 0 radical (unpaired) electrons. The summed E-state index contributed by atoms with van der Waals surface area (Å²) < 4.78 is 47.7. The maximum Gasteiger partial charge on any atom is 0.421 e. The van der Waals surface area contributed by atoms with Gasteiger partial charge >= 0.3 is 6.18 Å². The lowest BCUT2D eigenvalue weighted by Gasteiger charge is -2.52. The van der Waals surface area contributed by atoms with Crippen LogP contribution in [0.25, 0.3) is 10.9 Å². The van der Waals surface area contributed by atoms with Crippen LogP contribution < -0.4 is 15.4 Å². The Balaban J connectivity index is 0.980. The van der Waals surface area contributed by atoms with Crippen LogP contribution in [0.4, 0.5) is 18.9 Å². The number of amides is 3. The number of imide groups is 1. The number of hydrogen-bond donors (Lipinski definition) is 2. The molecule has 2 aromatic carbocycles.